The van der Waals surface area contributed by atoms with E-state index >= 15 is 0 Å². The molecule has 3 N–H and O–H groups in total. The van der Waals surface area contributed by atoms with Gasteiger partial charge >= 0.3 is 0 Å². The number of hydrogen-bond donors (Lipinski definition) is 2. The summed E-state index contributed by atoms with van der Waals surface area (Å²) >= 11 is 0. The molecule has 32 heavy (non-hydrogen) atoms. The lowest BCUT2D eigenvalue weighted by molar-refractivity contribution is 0.0950. The number of hydrogen-bond acceptors (Lipinski definition) is 5. The first kappa shape index (κ1) is 20.3. The molecule has 0 bridgehead atoms. The van der Waals surface area contributed by atoms with Gasteiger partial charge in [-0.25, -0.2) is 4.68 Å². The van der Waals surface area contributed by atoms with Crippen molar-refractivity contribution in [3.63, 3.8) is 0 Å². The van der Waals surface area contributed by atoms with E-state index in [2.05, 4.69) is 22.4 Å². The van der Waals surface area contributed by atoms with Gasteiger partial charge in [-0.3, -0.25) is 9.59 Å². The van der Waals surface area contributed by atoms with Crippen LogP contribution in [0.3, 0.4) is 0 Å². The molecule has 0 saturated heterocycles. The third-order valence-corrected chi connectivity index (χ3v) is 6.36. The van der Waals surface area contributed by atoms with Gasteiger partial charge in [-0.1, -0.05) is 6.07 Å². The van der Waals surface area contributed by atoms with Gasteiger partial charge in [-0.05, 0) is 74.1 Å². The average Bonchev–Trinajstić information content (AvgIpc) is 3.52. The van der Waals surface area contributed by atoms with Crippen LogP contribution in [0.4, 0.5) is 11.5 Å². The maximum Gasteiger partial charge on any atom is 0.251 e. The number of nitrogens with one attached hydrogen (secondary N) is 1. The molecule has 7 heteroatoms. The van der Waals surface area contributed by atoms with Gasteiger partial charge in [0.2, 0.25) is 0 Å². The van der Waals surface area contributed by atoms with Crippen LogP contribution in [0.5, 0.6) is 0 Å². The molecular weight excluding hydrogens is 402 g/mol. The molecule has 2 aromatic carbocycles. The van der Waals surface area contributed by atoms with Crippen molar-refractivity contribution in [3.05, 3.63) is 70.4 Å². The van der Waals surface area contributed by atoms with Gasteiger partial charge in [0.15, 0.2) is 5.78 Å². The highest BCUT2D eigenvalue weighted by molar-refractivity contribution is 6.12. The van der Waals surface area contributed by atoms with Crippen molar-refractivity contribution < 1.29 is 9.59 Å². The predicted molar refractivity (Wildman–Crippen MR) is 125 cm³/mol. The molecule has 1 saturated carbocycles. The van der Waals surface area contributed by atoms with Crippen molar-refractivity contribution >= 4 is 23.2 Å². The molecule has 3 aromatic rings. The van der Waals surface area contributed by atoms with E-state index in [9.17, 15) is 9.59 Å². The number of fused-ring (bicyclic) bond motifs is 1. The highest BCUT2D eigenvalue weighted by Gasteiger charge is 2.25. The molecule has 7 nitrogen and oxygen atoms in total. The Kier molecular flexibility index (Phi) is 4.96. The van der Waals surface area contributed by atoms with Gasteiger partial charge in [0, 0.05) is 36.4 Å². The number of carbonyl (C=O) groups is 2. The minimum Gasteiger partial charge on any atom is -0.383 e. The second kappa shape index (κ2) is 7.82. The fourth-order valence-corrected chi connectivity index (χ4v) is 4.28. The van der Waals surface area contributed by atoms with Crippen LogP contribution in [0.25, 0.3) is 5.69 Å². The smallest absolute Gasteiger partial charge is 0.251 e. The van der Waals surface area contributed by atoms with E-state index in [-0.39, 0.29) is 23.6 Å². The average molecular weight is 430 g/mol. The Morgan fingerprint density at radius 2 is 1.88 bits per heavy atom. The molecule has 1 fully saturated rings. The van der Waals surface area contributed by atoms with Crippen LogP contribution in [0.1, 0.15) is 56.7 Å². The van der Waals surface area contributed by atoms with Gasteiger partial charge in [-0.2, -0.15) is 5.10 Å². The monoisotopic (exact) mass is 429 g/mol. The van der Waals surface area contributed by atoms with E-state index in [4.69, 9.17) is 5.73 Å². The number of ketones is 1. The Balaban J connectivity index is 1.46. The first-order valence-electron chi connectivity index (χ1n) is 11.1. The third-order valence-electron chi connectivity index (χ3n) is 6.36. The van der Waals surface area contributed by atoms with Crippen molar-refractivity contribution in [3.8, 4) is 5.69 Å². The maximum atomic E-state index is 13.3. The number of aryl methyl sites for hydroxylation is 2. The highest BCUT2D eigenvalue weighted by atomic mass is 16.1. The molecule has 1 aliphatic heterocycles. The van der Waals surface area contributed by atoms with E-state index < -0.39 is 0 Å². The zero-order valence-electron chi connectivity index (χ0n) is 18.4. The first-order valence-corrected chi connectivity index (χ1v) is 11.1. The minimum atomic E-state index is -0.148. The standard InChI is InChI=1S/C25H27N5O2/c1-15-5-6-18(25(32)28-19-8-9-19)13-22(15)30-24(26)20(14-27-30)23(31)17-7-10-21-16(12-17)4-3-11-29(21)2/h5-7,10,12-14,19H,3-4,8-9,11,26H2,1-2H3,(H,28,32). The SMILES string of the molecule is Cc1ccc(C(=O)NC2CC2)cc1-n1ncc(C(=O)c2ccc3c(c2)CCCN3C)c1N. The van der Waals surface area contributed by atoms with Crippen LogP contribution in [-0.2, 0) is 6.42 Å². The lowest BCUT2D eigenvalue weighted by atomic mass is 9.96. The number of nitrogens with two attached hydrogens (primary N) is 1. The highest BCUT2D eigenvalue weighted by Crippen LogP contribution is 2.29. The van der Waals surface area contributed by atoms with Gasteiger partial charge < -0.3 is 16.0 Å². The number of nitrogen functional groups attached to an aromatic ring is 1. The van der Waals surface area contributed by atoms with E-state index in [1.54, 1.807) is 16.8 Å². The van der Waals surface area contributed by atoms with Gasteiger partial charge in [0.05, 0.1) is 17.4 Å². The number of benzene rings is 2. The number of rotatable bonds is 5. The molecule has 1 aromatic heterocycles. The largest absolute Gasteiger partial charge is 0.383 e. The van der Waals surface area contributed by atoms with E-state index in [0.29, 0.717) is 22.4 Å². The fourth-order valence-electron chi connectivity index (χ4n) is 4.28. The Morgan fingerprint density at radius 3 is 2.66 bits per heavy atom. The van der Waals surface area contributed by atoms with Crippen molar-refractivity contribution in [2.45, 2.75) is 38.6 Å². The molecule has 0 unspecified atom stereocenters. The van der Waals surface area contributed by atoms with Crippen LogP contribution < -0.4 is 16.0 Å². The summed E-state index contributed by atoms with van der Waals surface area (Å²) in [5, 5.41) is 7.40. The lowest BCUT2D eigenvalue weighted by Crippen LogP contribution is -2.25. The Morgan fingerprint density at radius 1 is 1.09 bits per heavy atom. The van der Waals surface area contributed by atoms with Crippen LogP contribution in [0.15, 0.2) is 42.6 Å². The Labute approximate surface area is 187 Å². The summed E-state index contributed by atoms with van der Waals surface area (Å²) in [5.74, 6) is 0.0209. The summed E-state index contributed by atoms with van der Waals surface area (Å²) in [7, 11) is 2.07. The number of carbonyl (C=O) groups excluding carboxylic acids is 2. The van der Waals surface area contributed by atoms with Crippen molar-refractivity contribution in [1.29, 1.82) is 0 Å². The molecule has 0 radical (unpaired) electrons. The van der Waals surface area contributed by atoms with Crippen molar-refractivity contribution in [1.82, 2.24) is 15.1 Å². The molecule has 1 amide bonds. The summed E-state index contributed by atoms with van der Waals surface area (Å²) in [6, 6.07) is 11.6. The lowest BCUT2D eigenvalue weighted by Gasteiger charge is -2.27. The van der Waals surface area contributed by atoms with Gasteiger partial charge in [-0.15, -0.1) is 0 Å². The summed E-state index contributed by atoms with van der Waals surface area (Å²) in [4.78, 5) is 28.0. The number of amides is 1. The van der Waals surface area contributed by atoms with Gasteiger partial charge in [0.25, 0.3) is 5.91 Å². The zero-order valence-corrected chi connectivity index (χ0v) is 18.4. The molecular formula is C25H27N5O2. The number of anilines is 2. The summed E-state index contributed by atoms with van der Waals surface area (Å²) in [5.41, 5.74) is 11.9. The number of aromatic nitrogens is 2. The van der Waals surface area contributed by atoms with Crippen molar-refractivity contribution in [2.75, 3.05) is 24.2 Å². The molecule has 0 spiro atoms. The quantitative estimate of drug-likeness (QED) is 0.607. The van der Waals surface area contributed by atoms with Crippen LogP contribution >= 0.6 is 0 Å². The van der Waals surface area contributed by atoms with Crippen LogP contribution in [-0.4, -0.2) is 41.1 Å². The summed E-state index contributed by atoms with van der Waals surface area (Å²) < 4.78 is 1.54. The molecule has 164 valence electrons. The molecule has 5 rings (SSSR count). The number of nitrogens with zero attached hydrogens (tertiary/aromatic N) is 3. The van der Waals surface area contributed by atoms with Gasteiger partial charge in [0.1, 0.15) is 5.82 Å². The van der Waals surface area contributed by atoms with E-state index in [1.807, 2.05) is 31.2 Å². The minimum absolute atomic E-state index is 0.102. The van der Waals surface area contributed by atoms with E-state index in [1.165, 1.54) is 17.4 Å². The molecule has 1 aliphatic carbocycles. The normalized spacial score (nSPS) is 15.4. The summed E-state index contributed by atoms with van der Waals surface area (Å²) in [6.07, 6.45) is 5.61. The van der Waals surface area contributed by atoms with Crippen LogP contribution in [0, 0.1) is 6.92 Å². The second-order valence-electron chi connectivity index (χ2n) is 8.80. The Hall–Kier alpha value is -3.61. The molecule has 2 heterocycles. The second-order valence-corrected chi connectivity index (χ2v) is 8.80. The maximum absolute atomic E-state index is 13.3. The van der Waals surface area contributed by atoms with Crippen molar-refractivity contribution in [2.24, 2.45) is 0 Å². The molecule has 2 aliphatic rings. The first-order chi connectivity index (χ1) is 15.4. The molecule has 0 atom stereocenters. The predicted octanol–water partition coefficient (Wildman–Crippen LogP) is 3.27. The van der Waals surface area contributed by atoms with E-state index in [0.717, 1.165) is 37.8 Å². The third kappa shape index (κ3) is 3.64. The zero-order chi connectivity index (χ0) is 22.4. The van der Waals surface area contributed by atoms with Crippen LogP contribution in [0.2, 0.25) is 0 Å². The summed E-state index contributed by atoms with van der Waals surface area (Å²) in [6.45, 7) is 2.96. The Bertz CT molecular complexity index is 1230. The fraction of sp³-hybridized carbons (Fsp3) is 0.320. The topological polar surface area (TPSA) is 93.2 Å².